The van der Waals surface area contributed by atoms with Crippen molar-refractivity contribution < 1.29 is 26.0 Å². The molecular weight excluding hydrogens is 432 g/mol. The highest BCUT2D eigenvalue weighted by Gasteiger charge is 2.34. The second kappa shape index (κ2) is 8.16. The van der Waals surface area contributed by atoms with Crippen molar-refractivity contribution in [2.24, 2.45) is 0 Å². The van der Waals surface area contributed by atoms with Gasteiger partial charge in [0.1, 0.15) is 17.2 Å². The number of amides is 1. The summed E-state index contributed by atoms with van der Waals surface area (Å²) in [5, 5.41) is 4.26. The fraction of sp³-hybridized carbons (Fsp3) is 0.556. The molecule has 0 radical (unpaired) electrons. The zero-order valence-corrected chi connectivity index (χ0v) is 19.0. The highest BCUT2D eigenvalue weighted by molar-refractivity contribution is 7.91. The molecule has 3 rings (SSSR count). The first-order valence-corrected chi connectivity index (χ1v) is 12.7. The van der Waals surface area contributed by atoms with Gasteiger partial charge in [0, 0.05) is 20.1 Å². The van der Waals surface area contributed by atoms with E-state index in [0.29, 0.717) is 17.9 Å². The van der Waals surface area contributed by atoms with E-state index in [-0.39, 0.29) is 47.1 Å². The van der Waals surface area contributed by atoms with Crippen LogP contribution in [0, 0.1) is 13.8 Å². The fourth-order valence-corrected chi connectivity index (χ4v) is 6.87. The van der Waals surface area contributed by atoms with Crippen LogP contribution >= 0.6 is 0 Å². The Balaban J connectivity index is 1.79. The first kappa shape index (κ1) is 22.5. The Morgan fingerprint density at radius 1 is 1.33 bits per heavy atom. The Kier molecular flexibility index (Phi) is 6.12. The fourth-order valence-electron chi connectivity index (χ4n) is 3.59. The summed E-state index contributed by atoms with van der Waals surface area (Å²) in [4.78, 5) is 14.1. The number of furan rings is 1. The van der Waals surface area contributed by atoms with Crippen molar-refractivity contribution in [3.63, 3.8) is 0 Å². The van der Waals surface area contributed by atoms with Gasteiger partial charge < -0.3 is 9.32 Å². The summed E-state index contributed by atoms with van der Waals surface area (Å²) in [7, 11) is -3.96. The number of sulfone groups is 1. The van der Waals surface area contributed by atoms with Crippen LogP contribution in [-0.4, -0.2) is 73.4 Å². The highest BCUT2D eigenvalue weighted by atomic mass is 32.2. The molecule has 1 aliphatic rings. The van der Waals surface area contributed by atoms with Crippen LogP contribution in [0.15, 0.2) is 27.7 Å². The quantitative estimate of drug-likeness (QED) is 0.594. The van der Waals surface area contributed by atoms with E-state index in [1.807, 2.05) is 0 Å². The topological polar surface area (TPSA) is 123 Å². The Bertz CT molecular complexity index is 1140. The van der Waals surface area contributed by atoms with Gasteiger partial charge in [0.25, 0.3) is 0 Å². The summed E-state index contributed by atoms with van der Waals surface area (Å²) in [6.07, 6.45) is 1.88. The van der Waals surface area contributed by atoms with Crippen molar-refractivity contribution >= 4 is 25.8 Å². The van der Waals surface area contributed by atoms with E-state index in [1.54, 1.807) is 33.0 Å². The third-order valence-corrected chi connectivity index (χ3v) is 9.18. The lowest BCUT2D eigenvalue weighted by Crippen LogP contribution is -2.40. The molecule has 0 unspecified atom stereocenters. The second-order valence-electron chi connectivity index (χ2n) is 7.56. The third kappa shape index (κ3) is 4.44. The molecule has 3 heterocycles. The lowest BCUT2D eigenvalue weighted by atomic mass is 10.2. The molecule has 0 spiro atoms. The zero-order valence-electron chi connectivity index (χ0n) is 17.4. The molecule has 1 saturated heterocycles. The summed E-state index contributed by atoms with van der Waals surface area (Å²) in [5.74, 6) is 0.200. The molecule has 0 N–H and O–H groups in total. The van der Waals surface area contributed by atoms with Gasteiger partial charge in [-0.15, -0.1) is 0 Å². The molecule has 0 saturated carbocycles. The molecule has 2 aromatic heterocycles. The van der Waals surface area contributed by atoms with E-state index in [4.69, 9.17) is 4.42 Å². The first-order valence-electron chi connectivity index (χ1n) is 9.41. The van der Waals surface area contributed by atoms with Gasteiger partial charge >= 0.3 is 0 Å². The van der Waals surface area contributed by atoms with Crippen LogP contribution in [0.25, 0.3) is 0 Å². The van der Waals surface area contributed by atoms with Crippen molar-refractivity contribution in [3.8, 4) is 0 Å². The van der Waals surface area contributed by atoms with Crippen LogP contribution in [0.1, 0.15) is 23.6 Å². The molecule has 2 aromatic rings. The maximum absolute atomic E-state index is 13.1. The predicted molar refractivity (Wildman–Crippen MR) is 109 cm³/mol. The van der Waals surface area contributed by atoms with Crippen LogP contribution in [0.5, 0.6) is 0 Å². The number of carbonyl (C=O) groups is 1. The van der Waals surface area contributed by atoms with Gasteiger partial charge in [0.05, 0.1) is 35.7 Å². The van der Waals surface area contributed by atoms with Gasteiger partial charge in [-0.1, -0.05) is 0 Å². The summed E-state index contributed by atoms with van der Waals surface area (Å²) >= 11 is 0. The molecule has 1 amide bonds. The van der Waals surface area contributed by atoms with Gasteiger partial charge in [-0.25, -0.2) is 16.8 Å². The van der Waals surface area contributed by atoms with E-state index in [0.717, 1.165) is 0 Å². The lowest BCUT2D eigenvalue weighted by molar-refractivity contribution is -0.132. The molecule has 0 bridgehead atoms. The molecule has 30 heavy (non-hydrogen) atoms. The molecule has 0 aromatic carbocycles. The molecule has 10 nitrogen and oxygen atoms in total. The molecule has 1 fully saturated rings. The second-order valence-corrected chi connectivity index (χ2v) is 11.8. The van der Waals surface area contributed by atoms with Gasteiger partial charge in [0.15, 0.2) is 9.84 Å². The molecule has 1 aliphatic heterocycles. The van der Waals surface area contributed by atoms with Gasteiger partial charge in [0.2, 0.25) is 15.9 Å². The Morgan fingerprint density at radius 2 is 2.03 bits per heavy atom. The number of hydrogen-bond acceptors (Lipinski definition) is 7. The van der Waals surface area contributed by atoms with Crippen molar-refractivity contribution in [3.05, 3.63) is 35.5 Å². The smallest absolute Gasteiger partial charge is 0.246 e. The van der Waals surface area contributed by atoms with Crippen LogP contribution < -0.4 is 0 Å². The minimum atomic E-state index is -3.86. The number of carbonyl (C=O) groups excluding carboxylic acids is 1. The van der Waals surface area contributed by atoms with E-state index in [9.17, 15) is 21.6 Å². The normalized spacial score (nSPS) is 18.8. The molecular formula is C18H26N4O6S2. The van der Waals surface area contributed by atoms with E-state index in [1.165, 1.54) is 27.2 Å². The summed E-state index contributed by atoms with van der Waals surface area (Å²) < 4.78 is 57.3. The number of hydrogen-bond donors (Lipinski definition) is 0. The number of aromatic nitrogens is 2. The molecule has 166 valence electrons. The Morgan fingerprint density at radius 3 is 2.60 bits per heavy atom. The van der Waals surface area contributed by atoms with E-state index >= 15 is 0 Å². The molecule has 12 heteroatoms. The number of aryl methyl sites for hydroxylation is 1. The van der Waals surface area contributed by atoms with Crippen LogP contribution in [0.3, 0.4) is 0 Å². The lowest BCUT2D eigenvalue weighted by Gasteiger charge is -2.23. The van der Waals surface area contributed by atoms with Crippen LogP contribution in [0.4, 0.5) is 0 Å². The predicted octanol–water partition coefficient (Wildman–Crippen LogP) is 0.559. The minimum absolute atomic E-state index is 0.0513. The third-order valence-electron chi connectivity index (χ3n) is 5.38. The van der Waals surface area contributed by atoms with E-state index < -0.39 is 19.9 Å². The SMILES string of the molecule is Cc1nn(CC(=O)N(C)[C@@H]2CCS(=O)(=O)C2)c(C)c1S(=O)(=O)N(C)Cc1ccco1. The van der Waals surface area contributed by atoms with Crippen molar-refractivity contribution in [2.75, 3.05) is 25.6 Å². The Hall–Kier alpha value is -2.18. The average molecular weight is 459 g/mol. The largest absolute Gasteiger partial charge is 0.468 e. The highest BCUT2D eigenvalue weighted by Crippen LogP contribution is 2.24. The van der Waals surface area contributed by atoms with E-state index in [2.05, 4.69) is 5.10 Å². The van der Waals surface area contributed by atoms with Crippen molar-refractivity contribution in [1.29, 1.82) is 0 Å². The Labute approximate surface area is 176 Å². The monoisotopic (exact) mass is 458 g/mol. The summed E-state index contributed by atoms with van der Waals surface area (Å²) in [5.41, 5.74) is 0.636. The van der Waals surface area contributed by atoms with Crippen LogP contribution in [0.2, 0.25) is 0 Å². The van der Waals surface area contributed by atoms with Gasteiger partial charge in [-0.05, 0) is 32.4 Å². The number of sulfonamides is 1. The summed E-state index contributed by atoms with van der Waals surface area (Å²) in [6, 6.07) is 3.00. The molecule has 0 aliphatic carbocycles. The van der Waals surface area contributed by atoms with Crippen LogP contribution in [-0.2, 0) is 37.7 Å². The van der Waals surface area contributed by atoms with Gasteiger partial charge in [-0.3, -0.25) is 9.48 Å². The minimum Gasteiger partial charge on any atom is -0.468 e. The maximum Gasteiger partial charge on any atom is 0.246 e. The standard InChI is InChI=1S/C18H26N4O6S2/c1-13-18(30(26,27)20(3)10-16-6-5-8-28-16)14(2)22(19-13)11-17(23)21(4)15-7-9-29(24,25)12-15/h5-6,8,15H,7,9-12H2,1-4H3/t15-/m1/s1. The van der Waals surface area contributed by atoms with Crippen molar-refractivity contribution in [1.82, 2.24) is 19.0 Å². The van der Waals surface area contributed by atoms with Gasteiger partial charge in [-0.2, -0.15) is 9.40 Å². The zero-order chi connectivity index (χ0) is 22.3. The number of nitrogens with zero attached hydrogens (tertiary/aromatic N) is 4. The molecule has 1 atom stereocenters. The average Bonchev–Trinajstić information content (AvgIpc) is 3.35. The maximum atomic E-state index is 13.1. The summed E-state index contributed by atoms with van der Waals surface area (Å²) in [6.45, 7) is 3.07. The van der Waals surface area contributed by atoms with Crippen molar-refractivity contribution in [2.45, 2.75) is 44.3 Å². The first-order chi connectivity index (χ1) is 13.9. The number of rotatable bonds is 7. The number of likely N-dealkylation sites (N-methyl/N-ethyl adjacent to an activating group) is 1.